The summed E-state index contributed by atoms with van der Waals surface area (Å²) in [6.45, 7) is 2.79. The van der Waals surface area contributed by atoms with Gasteiger partial charge in [0.25, 0.3) is 6.01 Å². The second-order valence-corrected chi connectivity index (χ2v) is 9.89. The Hall–Kier alpha value is -3.41. The first-order valence-corrected chi connectivity index (χ1v) is 12.1. The number of hydrogen-bond acceptors (Lipinski definition) is 7. The molecule has 5 rings (SSSR count). The van der Waals surface area contributed by atoms with Gasteiger partial charge in [-0.1, -0.05) is 48.5 Å². The summed E-state index contributed by atoms with van der Waals surface area (Å²) in [5.74, 6) is -1.68. The van der Waals surface area contributed by atoms with E-state index < -0.39 is 48.3 Å². The summed E-state index contributed by atoms with van der Waals surface area (Å²) in [4.78, 5) is 6.77. The molecule has 3 aromatic carbocycles. The van der Waals surface area contributed by atoms with E-state index in [0.29, 0.717) is 5.56 Å². The van der Waals surface area contributed by atoms with Crippen LogP contribution in [0.1, 0.15) is 19.4 Å². The second kappa shape index (κ2) is 10.0. The topological polar surface area (TPSA) is 128 Å². The smallest absolute Gasteiger partial charge is 0.295 e. The summed E-state index contributed by atoms with van der Waals surface area (Å²) < 4.78 is 41.4. The van der Waals surface area contributed by atoms with Crippen LogP contribution in [0.2, 0.25) is 0 Å². The van der Waals surface area contributed by atoms with E-state index in [1.807, 2.05) is 24.3 Å². The summed E-state index contributed by atoms with van der Waals surface area (Å²) in [6.07, 6.45) is -4.75. The molecule has 2 heterocycles. The van der Waals surface area contributed by atoms with Crippen LogP contribution in [0.15, 0.2) is 54.6 Å². The van der Waals surface area contributed by atoms with Gasteiger partial charge < -0.3 is 34.9 Å². The van der Waals surface area contributed by atoms with Gasteiger partial charge in [0.05, 0.1) is 29.9 Å². The number of rotatable bonds is 6. The first-order chi connectivity index (χ1) is 18.1. The van der Waals surface area contributed by atoms with Crippen molar-refractivity contribution in [3.05, 3.63) is 71.8 Å². The fraction of sp³-hybridized carbons (Fsp3) is 0.321. The molecule has 1 aliphatic heterocycles. The number of hydrogen-bond donors (Lipinski definition) is 5. The number of aliphatic hydroxyl groups is 4. The zero-order chi connectivity index (χ0) is 27.2. The molecule has 0 saturated carbocycles. The standard InChI is InChI=1S/C28H28F2N2O6/c1-28(2,36)17-9-7-15(8-10-17)14-3-5-16(6-4-14)22-18(29)11-19-24(23(22)30)32-27(31-19)38-21-13-37-20(12-33)25(34)26(21)35/h3-11,20-21,25-26,33-36H,12-13H2,1-2H3,(H,31,32). The first-order valence-electron chi connectivity index (χ1n) is 12.1. The number of H-pyrrole nitrogens is 1. The molecule has 38 heavy (non-hydrogen) atoms. The van der Waals surface area contributed by atoms with Gasteiger partial charge in [0.1, 0.15) is 29.6 Å². The Morgan fingerprint density at radius 1 is 1.00 bits per heavy atom. The number of aliphatic hydroxyl groups excluding tert-OH is 3. The van der Waals surface area contributed by atoms with Crippen LogP contribution < -0.4 is 4.74 Å². The summed E-state index contributed by atoms with van der Waals surface area (Å²) in [7, 11) is 0. The van der Waals surface area contributed by atoms with Crippen molar-refractivity contribution >= 4 is 11.0 Å². The van der Waals surface area contributed by atoms with Crippen molar-refractivity contribution in [3.8, 4) is 28.3 Å². The van der Waals surface area contributed by atoms with Crippen LogP contribution in [-0.4, -0.2) is 68.0 Å². The number of aromatic nitrogens is 2. The highest BCUT2D eigenvalue weighted by atomic mass is 19.1. The molecule has 1 fully saturated rings. The monoisotopic (exact) mass is 526 g/mol. The molecule has 1 aliphatic rings. The van der Waals surface area contributed by atoms with Gasteiger partial charge in [0.15, 0.2) is 11.9 Å². The van der Waals surface area contributed by atoms with E-state index in [9.17, 15) is 20.4 Å². The zero-order valence-corrected chi connectivity index (χ0v) is 20.7. The number of imidazole rings is 1. The lowest BCUT2D eigenvalue weighted by molar-refractivity contribution is -0.189. The minimum atomic E-state index is -1.38. The van der Waals surface area contributed by atoms with Crippen molar-refractivity contribution < 1.29 is 38.7 Å². The number of ether oxygens (including phenoxy) is 2. The number of nitrogens with zero attached hydrogens (tertiary/aromatic N) is 1. The highest BCUT2D eigenvalue weighted by molar-refractivity contribution is 5.84. The quantitative estimate of drug-likeness (QED) is 0.261. The van der Waals surface area contributed by atoms with Gasteiger partial charge >= 0.3 is 0 Å². The predicted octanol–water partition coefficient (Wildman–Crippen LogP) is 3.26. The van der Waals surface area contributed by atoms with Crippen molar-refractivity contribution in [2.75, 3.05) is 13.2 Å². The zero-order valence-electron chi connectivity index (χ0n) is 20.7. The Balaban J connectivity index is 1.40. The van der Waals surface area contributed by atoms with Gasteiger partial charge in [0, 0.05) is 6.07 Å². The van der Waals surface area contributed by atoms with E-state index in [0.717, 1.165) is 22.8 Å². The van der Waals surface area contributed by atoms with Crippen LogP contribution in [0, 0.1) is 11.6 Å². The molecular weight excluding hydrogens is 498 g/mol. The molecule has 1 saturated heterocycles. The van der Waals surface area contributed by atoms with E-state index >= 15 is 8.78 Å². The minimum absolute atomic E-state index is 0.0577. The number of fused-ring (bicyclic) bond motifs is 1. The van der Waals surface area contributed by atoms with Gasteiger partial charge in [0.2, 0.25) is 0 Å². The molecule has 0 aliphatic carbocycles. The lowest BCUT2D eigenvalue weighted by atomic mass is 9.94. The van der Waals surface area contributed by atoms with Crippen LogP contribution in [0.4, 0.5) is 8.78 Å². The molecule has 0 bridgehead atoms. The van der Waals surface area contributed by atoms with E-state index in [1.54, 1.807) is 38.1 Å². The van der Waals surface area contributed by atoms with Gasteiger partial charge in [-0.3, -0.25) is 0 Å². The normalized spacial score (nSPS) is 22.1. The lowest BCUT2D eigenvalue weighted by Crippen LogP contribution is -2.56. The maximum Gasteiger partial charge on any atom is 0.295 e. The molecule has 0 amide bonds. The first kappa shape index (κ1) is 26.2. The summed E-state index contributed by atoms with van der Waals surface area (Å²) in [6, 6.07) is 15.1. The van der Waals surface area contributed by atoms with E-state index in [2.05, 4.69) is 9.97 Å². The maximum absolute atomic E-state index is 15.5. The molecule has 200 valence electrons. The van der Waals surface area contributed by atoms with Crippen molar-refractivity contribution in [2.24, 2.45) is 0 Å². The van der Waals surface area contributed by atoms with Crippen molar-refractivity contribution in [1.29, 1.82) is 0 Å². The molecule has 5 N–H and O–H groups in total. The number of halogens is 2. The van der Waals surface area contributed by atoms with Crippen LogP contribution in [-0.2, 0) is 10.3 Å². The molecule has 1 aromatic heterocycles. The Morgan fingerprint density at radius 3 is 2.21 bits per heavy atom. The Bertz CT molecular complexity index is 1430. The highest BCUT2D eigenvalue weighted by Gasteiger charge is 2.40. The summed E-state index contributed by atoms with van der Waals surface area (Å²) >= 11 is 0. The SMILES string of the molecule is CC(C)(O)c1ccc(-c2ccc(-c3c(F)cc4[nH]c(OC5COC(CO)C(O)C5O)nc4c3F)cc2)cc1. The van der Waals surface area contributed by atoms with Crippen LogP contribution in [0.25, 0.3) is 33.3 Å². The summed E-state index contributed by atoms with van der Waals surface area (Å²) in [5.41, 5.74) is 1.52. The number of aromatic amines is 1. The number of nitrogens with one attached hydrogen (secondary N) is 1. The van der Waals surface area contributed by atoms with Crippen molar-refractivity contribution in [1.82, 2.24) is 9.97 Å². The Labute approximate surface area is 217 Å². The van der Waals surface area contributed by atoms with Gasteiger partial charge in [-0.15, -0.1) is 0 Å². The third kappa shape index (κ3) is 4.89. The molecule has 0 radical (unpaired) electrons. The fourth-order valence-corrected chi connectivity index (χ4v) is 4.54. The largest absolute Gasteiger partial charge is 0.456 e. The van der Waals surface area contributed by atoms with E-state index in [1.165, 1.54) is 0 Å². The molecule has 0 spiro atoms. The van der Waals surface area contributed by atoms with E-state index in [-0.39, 0.29) is 29.2 Å². The van der Waals surface area contributed by atoms with Gasteiger partial charge in [-0.05, 0) is 36.1 Å². The molecular formula is C28H28F2N2O6. The lowest BCUT2D eigenvalue weighted by Gasteiger charge is -2.36. The predicted molar refractivity (Wildman–Crippen MR) is 135 cm³/mol. The maximum atomic E-state index is 15.5. The average molecular weight is 527 g/mol. The molecule has 8 nitrogen and oxygen atoms in total. The van der Waals surface area contributed by atoms with Crippen molar-refractivity contribution in [2.45, 2.75) is 43.9 Å². The summed E-state index contributed by atoms with van der Waals surface area (Å²) in [5, 5.41) is 39.6. The van der Waals surface area contributed by atoms with Crippen LogP contribution >= 0.6 is 0 Å². The minimum Gasteiger partial charge on any atom is -0.456 e. The third-order valence-corrected chi connectivity index (χ3v) is 6.77. The van der Waals surface area contributed by atoms with E-state index in [4.69, 9.17) is 9.47 Å². The highest BCUT2D eigenvalue weighted by Crippen LogP contribution is 2.34. The number of benzene rings is 3. The Kier molecular flexibility index (Phi) is 6.93. The molecule has 4 aromatic rings. The molecule has 4 unspecified atom stereocenters. The Morgan fingerprint density at radius 2 is 1.61 bits per heavy atom. The van der Waals surface area contributed by atoms with Gasteiger partial charge in [-0.2, -0.15) is 4.98 Å². The van der Waals surface area contributed by atoms with Crippen LogP contribution in [0.3, 0.4) is 0 Å². The molecule has 4 atom stereocenters. The van der Waals surface area contributed by atoms with Crippen molar-refractivity contribution in [3.63, 3.8) is 0 Å². The second-order valence-electron chi connectivity index (χ2n) is 9.89. The average Bonchev–Trinajstić information content (AvgIpc) is 3.29. The third-order valence-electron chi connectivity index (χ3n) is 6.77. The van der Waals surface area contributed by atoms with Crippen LogP contribution in [0.5, 0.6) is 6.01 Å². The van der Waals surface area contributed by atoms with Gasteiger partial charge in [-0.25, -0.2) is 8.78 Å². The molecule has 10 heteroatoms. The fourth-order valence-electron chi connectivity index (χ4n) is 4.54.